The monoisotopic (exact) mass is 299 g/mol. The number of rotatable bonds is 4. The minimum Gasteiger partial charge on any atom is -0.390 e. The summed E-state index contributed by atoms with van der Waals surface area (Å²) in [5, 5.41) is 18.3. The van der Waals surface area contributed by atoms with Gasteiger partial charge in [0.1, 0.15) is 6.10 Å². The zero-order chi connectivity index (χ0) is 12.3. The first-order chi connectivity index (χ1) is 8.15. The topological polar surface area (TPSA) is 91.2 Å². The lowest BCUT2D eigenvalue weighted by molar-refractivity contribution is 0.154. The third kappa shape index (κ3) is 3.18. The van der Waals surface area contributed by atoms with Crippen LogP contribution < -0.4 is 11.1 Å². The Bertz CT molecular complexity index is 551. The standard InChI is InChI=1S/C10H10BrN3O3/c11-6-2-1-3-7(4-6)12-5-8(15)9-13-14-10(16)17-9/h1-4,8,12,15H,5H2,(H,14,16). The Morgan fingerprint density at radius 2 is 2.41 bits per heavy atom. The lowest BCUT2D eigenvalue weighted by Crippen LogP contribution is -2.12. The molecule has 3 N–H and O–H groups in total. The van der Waals surface area contributed by atoms with Crippen LogP contribution in [0.15, 0.2) is 37.9 Å². The number of aliphatic hydroxyl groups is 1. The second kappa shape index (κ2) is 5.15. The zero-order valence-corrected chi connectivity index (χ0v) is 10.3. The highest BCUT2D eigenvalue weighted by molar-refractivity contribution is 9.10. The molecule has 2 aromatic rings. The fraction of sp³-hybridized carbons (Fsp3) is 0.200. The van der Waals surface area contributed by atoms with Gasteiger partial charge >= 0.3 is 5.76 Å². The fourth-order valence-corrected chi connectivity index (χ4v) is 1.68. The summed E-state index contributed by atoms with van der Waals surface area (Å²) in [5.41, 5.74) is 0.844. The van der Waals surface area contributed by atoms with Crippen molar-refractivity contribution < 1.29 is 9.52 Å². The number of aromatic nitrogens is 2. The van der Waals surface area contributed by atoms with Crippen molar-refractivity contribution in [1.29, 1.82) is 0 Å². The molecular formula is C10H10BrN3O3. The maximum atomic E-state index is 10.7. The van der Waals surface area contributed by atoms with Crippen molar-refractivity contribution in [2.75, 3.05) is 11.9 Å². The molecule has 90 valence electrons. The van der Waals surface area contributed by atoms with Gasteiger partial charge in [-0.2, -0.15) is 0 Å². The summed E-state index contributed by atoms with van der Waals surface area (Å²) in [7, 11) is 0. The van der Waals surface area contributed by atoms with Crippen LogP contribution in [0.3, 0.4) is 0 Å². The molecule has 0 bridgehead atoms. The number of nitrogens with one attached hydrogen (secondary N) is 2. The number of hydrogen-bond donors (Lipinski definition) is 3. The minimum atomic E-state index is -0.979. The largest absolute Gasteiger partial charge is 0.434 e. The van der Waals surface area contributed by atoms with Gasteiger partial charge in [-0.05, 0) is 18.2 Å². The van der Waals surface area contributed by atoms with Gasteiger partial charge in [0, 0.05) is 16.7 Å². The molecule has 0 amide bonds. The van der Waals surface area contributed by atoms with Crippen LogP contribution in [0.25, 0.3) is 0 Å². The van der Waals surface area contributed by atoms with Gasteiger partial charge in [0.25, 0.3) is 0 Å². The Morgan fingerprint density at radius 3 is 3.06 bits per heavy atom. The Hall–Kier alpha value is -1.60. The second-order valence-electron chi connectivity index (χ2n) is 3.36. The molecule has 1 unspecified atom stereocenters. The molecule has 0 saturated carbocycles. The van der Waals surface area contributed by atoms with E-state index in [0.717, 1.165) is 10.2 Å². The highest BCUT2D eigenvalue weighted by Gasteiger charge is 2.13. The van der Waals surface area contributed by atoms with Crippen molar-refractivity contribution in [3.63, 3.8) is 0 Å². The first-order valence-electron chi connectivity index (χ1n) is 4.88. The number of halogens is 1. The van der Waals surface area contributed by atoms with Gasteiger partial charge in [-0.1, -0.05) is 22.0 Å². The van der Waals surface area contributed by atoms with Crippen molar-refractivity contribution in [2.24, 2.45) is 0 Å². The van der Waals surface area contributed by atoms with Crippen LogP contribution >= 0.6 is 15.9 Å². The molecule has 1 aromatic heterocycles. The summed E-state index contributed by atoms with van der Waals surface area (Å²) in [6.45, 7) is 0.199. The maximum absolute atomic E-state index is 10.7. The normalized spacial score (nSPS) is 12.4. The van der Waals surface area contributed by atoms with Crippen LogP contribution in [0.2, 0.25) is 0 Å². The summed E-state index contributed by atoms with van der Waals surface area (Å²) < 4.78 is 5.57. The number of aromatic amines is 1. The van der Waals surface area contributed by atoms with E-state index in [1.54, 1.807) is 0 Å². The molecule has 1 aromatic carbocycles. The summed E-state index contributed by atoms with van der Waals surface area (Å²) in [6, 6.07) is 7.49. The van der Waals surface area contributed by atoms with Crippen LogP contribution in [0.1, 0.15) is 12.0 Å². The van der Waals surface area contributed by atoms with Gasteiger partial charge in [-0.25, -0.2) is 9.89 Å². The van der Waals surface area contributed by atoms with E-state index in [9.17, 15) is 9.90 Å². The van der Waals surface area contributed by atoms with E-state index >= 15 is 0 Å². The van der Waals surface area contributed by atoms with Gasteiger partial charge in [0.2, 0.25) is 5.89 Å². The molecule has 0 fully saturated rings. The third-order valence-electron chi connectivity index (χ3n) is 2.06. The highest BCUT2D eigenvalue weighted by atomic mass is 79.9. The van der Waals surface area contributed by atoms with E-state index in [0.29, 0.717) is 0 Å². The Labute approximate surface area is 105 Å². The van der Waals surface area contributed by atoms with E-state index in [1.807, 2.05) is 24.3 Å². The molecule has 6 nitrogen and oxygen atoms in total. The van der Waals surface area contributed by atoms with Gasteiger partial charge in [0.15, 0.2) is 0 Å². The molecule has 0 radical (unpaired) electrons. The van der Waals surface area contributed by atoms with Crippen molar-refractivity contribution in [2.45, 2.75) is 6.10 Å². The Morgan fingerprint density at radius 1 is 1.59 bits per heavy atom. The van der Waals surface area contributed by atoms with Crippen molar-refractivity contribution in [3.05, 3.63) is 45.2 Å². The third-order valence-corrected chi connectivity index (χ3v) is 2.56. The quantitative estimate of drug-likeness (QED) is 0.791. The zero-order valence-electron chi connectivity index (χ0n) is 8.68. The van der Waals surface area contributed by atoms with Crippen LogP contribution in [0.4, 0.5) is 5.69 Å². The van der Waals surface area contributed by atoms with Crippen molar-refractivity contribution in [1.82, 2.24) is 10.2 Å². The molecule has 0 saturated heterocycles. The molecule has 1 atom stereocenters. The number of anilines is 1. The highest BCUT2D eigenvalue weighted by Crippen LogP contribution is 2.16. The summed E-state index contributed by atoms with van der Waals surface area (Å²) in [5.74, 6) is -0.709. The summed E-state index contributed by atoms with van der Waals surface area (Å²) >= 11 is 3.34. The average molecular weight is 300 g/mol. The van der Waals surface area contributed by atoms with E-state index in [2.05, 4.69) is 35.9 Å². The van der Waals surface area contributed by atoms with Gasteiger partial charge in [-0.15, -0.1) is 5.10 Å². The van der Waals surface area contributed by atoms with Gasteiger partial charge in [-0.3, -0.25) is 0 Å². The molecular weight excluding hydrogens is 290 g/mol. The lowest BCUT2D eigenvalue weighted by atomic mass is 10.3. The Balaban J connectivity index is 1.96. The maximum Gasteiger partial charge on any atom is 0.434 e. The molecule has 17 heavy (non-hydrogen) atoms. The average Bonchev–Trinajstić information content (AvgIpc) is 2.73. The number of benzene rings is 1. The van der Waals surface area contributed by atoms with E-state index in [-0.39, 0.29) is 12.4 Å². The van der Waals surface area contributed by atoms with Crippen LogP contribution in [-0.4, -0.2) is 21.8 Å². The molecule has 1 heterocycles. The van der Waals surface area contributed by atoms with Gasteiger partial charge < -0.3 is 14.8 Å². The van der Waals surface area contributed by atoms with E-state index in [1.165, 1.54) is 0 Å². The number of hydrogen-bond acceptors (Lipinski definition) is 5. The molecule has 0 aliphatic carbocycles. The second-order valence-corrected chi connectivity index (χ2v) is 4.27. The van der Waals surface area contributed by atoms with Crippen molar-refractivity contribution in [3.8, 4) is 0 Å². The van der Waals surface area contributed by atoms with Gasteiger partial charge in [0.05, 0.1) is 0 Å². The Kier molecular flexibility index (Phi) is 3.60. The molecule has 0 spiro atoms. The fourth-order valence-electron chi connectivity index (χ4n) is 1.28. The minimum absolute atomic E-state index is 0.0301. The van der Waals surface area contributed by atoms with Crippen LogP contribution in [0, 0.1) is 0 Å². The first-order valence-corrected chi connectivity index (χ1v) is 5.67. The molecule has 7 heteroatoms. The number of aliphatic hydroxyl groups excluding tert-OH is 1. The molecule has 2 rings (SSSR count). The first kappa shape index (κ1) is 11.9. The number of nitrogens with zero attached hydrogens (tertiary/aromatic N) is 1. The van der Waals surface area contributed by atoms with Crippen molar-refractivity contribution >= 4 is 21.6 Å². The predicted molar refractivity (Wildman–Crippen MR) is 64.7 cm³/mol. The van der Waals surface area contributed by atoms with Crippen LogP contribution in [0.5, 0.6) is 0 Å². The number of H-pyrrole nitrogens is 1. The van der Waals surface area contributed by atoms with Crippen LogP contribution in [-0.2, 0) is 0 Å². The predicted octanol–water partition coefficient (Wildman–Crippen LogP) is 1.27. The summed E-state index contributed by atoms with van der Waals surface area (Å²) in [4.78, 5) is 10.7. The SMILES string of the molecule is O=c1[nH]nc(C(O)CNc2cccc(Br)c2)o1. The molecule has 0 aliphatic heterocycles. The molecule has 0 aliphatic rings. The van der Waals surface area contributed by atoms with E-state index in [4.69, 9.17) is 0 Å². The lowest BCUT2D eigenvalue weighted by Gasteiger charge is -2.09. The summed E-state index contributed by atoms with van der Waals surface area (Å²) in [6.07, 6.45) is -0.979. The van der Waals surface area contributed by atoms with E-state index < -0.39 is 11.9 Å². The smallest absolute Gasteiger partial charge is 0.390 e.